The molecule has 0 aliphatic carbocycles. The van der Waals surface area contributed by atoms with Gasteiger partial charge in [0.05, 0.1) is 6.61 Å². The summed E-state index contributed by atoms with van der Waals surface area (Å²) >= 11 is 0. The Bertz CT molecular complexity index is 448. The molecule has 0 unspecified atom stereocenters. The fourth-order valence-corrected chi connectivity index (χ4v) is 1.21. The van der Waals surface area contributed by atoms with Crippen LogP contribution in [0.1, 0.15) is 5.56 Å². The molecule has 0 saturated heterocycles. The molecule has 0 saturated carbocycles. The number of alkyl halides is 3. The van der Waals surface area contributed by atoms with Crippen LogP contribution < -0.4 is 10.1 Å². The fraction of sp³-hybridized carbons (Fsp3) is 0.364. The van der Waals surface area contributed by atoms with Gasteiger partial charge in [-0.05, 0) is 18.2 Å². The molecule has 1 rings (SSSR count). The van der Waals surface area contributed by atoms with Crippen LogP contribution in [0.4, 0.5) is 17.6 Å². The smallest absolute Gasteiger partial charge is 0.405 e. The second kappa shape index (κ2) is 6.37. The van der Waals surface area contributed by atoms with E-state index < -0.39 is 37.7 Å². The second-order valence-corrected chi connectivity index (χ2v) is 3.59. The van der Waals surface area contributed by atoms with Gasteiger partial charge in [0.15, 0.2) is 6.61 Å². The van der Waals surface area contributed by atoms with Crippen molar-refractivity contribution in [3.63, 3.8) is 0 Å². The number of carbonyl (C=O) groups excluding carboxylic acids is 1. The van der Waals surface area contributed by atoms with Crippen LogP contribution in [-0.2, 0) is 11.4 Å². The van der Waals surface area contributed by atoms with Crippen LogP contribution in [0.3, 0.4) is 0 Å². The van der Waals surface area contributed by atoms with Crippen molar-refractivity contribution in [3.8, 4) is 5.75 Å². The predicted molar refractivity (Wildman–Crippen MR) is 56.9 cm³/mol. The minimum Gasteiger partial charge on any atom is -0.483 e. The first-order valence-electron chi connectivity index (χ1n) is 5.17. The molecule has 1 aromatic rings. The van der Waals surface area contributed by atoms with Crippen LogP contribution in [0.15, 0.2) is 18.2 Å². The van der Waals surface area contributed by atoms with Gasteiger partial charge in [-0.25, -0.2) is 4.39 Å². The van der Waals surface area contributed by atoms with Crippen molar-refractivity contribution in [2.45, 2.75) is 12.8 Å². The van der Waals surface area contributed by atoms with E-state index in [1.54, 1.807) is 5.32 Å². The Morgan fingerprint density at radius 2 is 2.05 bits per heavy atom. The molecule has 1 aromatic carbocycles. The lowest BCUT2D eigenvalue weighted by atomic mass is 10.2. The van der Waals surface area contributed by atoms with Crippen molar-refractivity contribution in [1.29, 1.82) is 0 Å². The number of hydrogen-bond donors (Lipinski definition) is 2. The molecule has 2 N–H and O–H groups in total. The number of aliphatic hydroxyl groups excluding tert-OH is 1. The number of ether oxygens (including phenoxy) is 1. The van der Waals surface area contributed by atoms with Gasteiger partial charge in [0.25, 0.3) is 5.91 Å². The minimum atomic E-state index is -4.50. The molecular weight excluding hydrogens is 270 g/mol. The zero-order chi connectivity index (χ0) is 14.5. The first-order valence-corrected chi connectivity index (χ1v) is 5.17. The minimum absolute atomic E-state index is 0.0334. The lowest BCUT2D eigenvalue weighted by Gasteiger charge is -2.11. The summed E-state index contributed by atoms with van der Waals surface area (Å²) in [6, 6.07) is 3.23. The molecule has 0 aliphatic rings. The first kappa shape index (κ1) is 15.2. The number of nitrogens with one attached hydrogen (secondary N) is 1. The molecule has 0 aromatic heterocycles. The SMILES string of the molecule is O=C(COc1ccc(F)cc1CO)NCC(F)(F)F. The molecule has 8 heteroatoms. The number of benzene rings is 1. The van der Waals surface area contributed by atoms with Crippen LogP contribution in [0.2, 0.25) is 0 Å². The number of rotatable bonds is 5. The second-order valence-electron chi connectivity index (χ2n) is 3.59. The van der Waals surface area contributed by atoms with Crippen molar-refractivity contribution in [1.82, 2.24) is 5.32 Å². The molecule has 106 valence electrons. The van der Waals surface area contributed by atoms with E-state index in [0.717, 1.165) is 12.1 Å². The Hall–Kier alpha value is -1.83. The largest absolute Gasteiger partial charge is 0.483 e. The summed E-state index contributed by atoms with van der Waals surface area (Å²) < 4.78 is 53.2. The molecule has 19 heavy (non-hydrogen) atoms. The number of hydrogen-bond acceptors (Lipinski definition) is 3. The summed E-state index contributed by atoms with van der Waals surface area (Å²) in [4.78, 5) is 11.1. The number of amides is 1. The molecule has 0 heterocycles. The fourth-order valence-electron chi connectivity index (χ4n) is 1.21. The maximum absolute atomic E-state index is 12.8. The van der Waals surface area contributed by atoms with Crippen molar-refractivity contribution in [2.75, 3.05) is 13.2 Å². The van der Waals surface area contributed by atoms with Crippen LogP contribution in [0.5, 0.6) is 5.75 Å². The molecule has 0 fully saturated rings. The molecule has 0 spiro atoms. The number of halogens is 4. The highest BCUT2D eigenvalue weighted by atomic mass is 19.4. The van der Waals surface area contributed by atoms with Gasteiger partial charge in [-0.3, -0.25) is 4.79 Å². The number of aliphatic hydroxyl groups is 1. The van der Waals surface area contributed by atoms with E-state index in [9.17, 15) is 22.4 Å². The lowest BCUT2D eigenvalue weighted by molar-refractivity contribution is -0.139. The Morgan fingerprint density at radius 1 is 1.37 bits per heavy atom. The molecule has 0 atom stereocenters. The lowest BCUT2D eigenvalue weighted by Crippen LogP contribution is -2.36. The van der Waals surface area contributed by atoms with Gasteiger partial charge in [-0.2, -0.15) is 13.2 Å². The van der Waals surface area contributed by atoms with Gasteiger partial charge in [-0.15, -0.1) is 0 Å². The highest BCUT2D eigenvalue weighted by molar-refractivity contribution is 5.77. The molecule has 0 bridgehead atoms. The van der Waals surface area contributed by atoms with E-state index in [1.165, 1.54) is 6.07 Å². The van der Waals surface area contributed by atoms with Crippen molar-refractivity contribution >= 4 is 5.91 Å². The Morgan fingerprint density at radius 3 is 2.63 bits per heavy atom. The third kappa shape index (κ3) is 5.56. The average molecular weight is 281 g/mol. The number of carbonyl (C=O) groups is 1. The van der Waals surface area contributed by atoms with Gasteiger partial charge < -0.3 is 15.2 Å². The van der Waals surface area contributed by atoms with E-state index in [-0.39, 0.29) is 11.3 Å². The standard InChI is InChI=1S/C11H11F4NO3/c12-8-1-2-9(7(3-8)4-17)19-5-10(18)16-6-11(13,14)15/h1-3,17H,4-6H2,(H,16,18). The van der Waals surface area contributed by atoms with Crippen molar-refractivity contribution < 1.29 is 32.2 Å². The van der Waals surface area contributed by atoms with Gasteiger partial charge in [0.1, 0.15) is 18.1 Å². The van der Waals surface area contributed by atoms with E-state index in [4.69, 9.17) is 9.84 Å². The monoisotopic (exact) mass is 281 g/mol. The highest BCUT2D eigenvalue weighted by Gasteiger charge is 2.27. The van der Waals surface area contributed by atoms with E-state index >= 15 is 0 Å². The van der Waals surface area contributed by atoms with E-state index in [1.807, 2.05) is 0 Å². The first-order chi connectivity index (χ1) is 8.81. The average Bonchev–Trinajstić information content (AvgIpc) is 2.33. The third-order valence-corrected chi connectivity index (χ3v) is 2.04. The zero-order valence-electron chi connectivity index (χ0n) is 9.63. The van der Waals surface area contributed by atoms with E-state index in [0.29, 0.717) is 0 Å². The summed E-state index contributed by atoms with van der Waals surface area (Å²) in [7, 11) is 0. The van der Waals surface area contributed by atoms with Gasteiger partial charge >= 0.3 is 6.18 Å². The molecule has 4 nitrogen and oxygen atoms in total. The Balaban J connectivity index is 2.50. The van der Waals surface area contributed by atoms with Crippen molar-refractivity contribution in [3.05, 3.63) is 29.6 Å². The normalized spacial score (nSPS) is 11.2. The maximum Gasteiger partial charge on any atom is 0.405 e. The zero-order valence-corrected chi connectivity index (χ0v) is 9.63. The van der Waals surface area contributed by atoms with Gasteiger partial charge in [0.2, 0.25) is 0 Å². The molecule has 0 radical (unpaired) electrons. The van der Waals surface area contributed by atoms with Gasteiger partial charge in [0, 0.05) is 5.56 Å². The summed E-state index contributed by atoms with van der Waals surface area (Å²) in [5.74, 6) is -1.53. The maximum atomic E-state index is 12.8. The predicted octanol–water partition coefficient (Wildman–Crippen LogP) is 1.38. The van der Waals surface area contributed by atoms with Crippen LogP contribution in [-0.4, -0.2) is 30.3 Å². The van der Waals surface area contributed by atoms with Crippen LogP contribution in [0.25, 0.3) is 0 Å². The highest BCUT2D eigenvalue weighted by Crippen LogP contribution is 2.19. The Kier molecular flexibility index (Phi) is 5.11. The van der Waals surface area contributed by atoms with E-state index in [2.05, 4.69) is 0 Å². The molecule has 0 aliphatic heterocycles. The van der Waals surface area contributed by atoms with Gasteiger partial charge in [-0.1, -0.05) is 0 Å². The van der Waals surface area contributed by atoms with Crippen LogP contribution >= 0.6 is 0 Å². The quantitative estimate of drug-likeness (QED) is 0.802. The molecular formula is C11H11F4NO3. The van der Waals surface area contributed by atoms with Crippen molar-refractivity contribution in [2.24, 2.45) is 0 Å². The summed E-state index contributed by atoms with van der Waals surface area (Å²) in [6.45, 7) is -2.63. The topological polar surface area (TPSA) is 58.6 Å². The van der Waals surface area contributed by atoms with Crippen LogP contribution in [0, 0.1) is 5.82 Å². The summed E-state index contributed by atoms with van der Waals surface area (Å²) in [5.41, 5.74) is 0.101. The molecule has 1 amide bonds. The summed E-state index contributed by atoms with van der Waals surface area (Å²) in [5, 5.41) is 10.5. The Labute approximate surface area is 106 Å². The third-order valence-electron chi connectivity index (χ3n) is 2.04. The summed E-state index contributed by atoms with van der Waals surface area (Å²) in [6.07, 6.45) is -4.50.